The van der Waals surface area contributed by atoms with Crippen LogP contribution in [0.5, 0.6) is 5.75 Å². The van der Waals surface area contributed by atoms with E-state index in [1.165, 1.54) is 25.3 Å². The van der Waals surface area contributed by atoms with Crippen molar-refractivity contribution in [1.82, 2.24) is 5.32 Å². The summed E-state index contributed by atoms with van der Waals surface area (Å²) in [7, 11) is 1.30. The molecule has 1 aromatic rings. The lowest BCUT2D eigenvalue weighted by Crippen LogP contribution is -2.24. The SMILES string of the molecule is C/C=C/CCNC(=O)c1cccc([N+](=O)[O-])c1OC. The zero-order chi connectivity index (χ0) is 14.3. The Morgan fingerprint density at radius 2 is 2.26 bits per heavy atom. The lowest BCUT2D eigenvalue weighted by molar-refractivity contribution is -0.385. The largest absolute Gasteiger partial charge is 0.490 e. The molecule has 19 heavy (non-hydrogen) atoms. The molecule has 0 saturated heterocycles. The third-order valence-corrected chi connectivity index (χ3v) is 2.47. The van der Waals surface area contributed by atoms with Crippen LogP contribution in [0.3, 0.4) is 0 Å². The van der Waals surface area contributed by atoms with Gasteiger partial charge in [0.05, 0.1) is 17.6 Å². The predicted octanol–water partition coefficient (Wildman–Crippen LogP) is 2.30. The van der Waals surface area contributed by atoms with E-state index < -0.39 is 4.92 Å². The molecule has 0 atom stereocenters. The van der Waals surface area contributed by atoms with Crippen LogP contribution in [0.25, 0.3) is 0 Å². The van der Waals surface area contributed by atoms with Crippen LogP contribution in [-0.2, 0) is 0 Å². The summed E-state index contributed by atoms with van der Waals surface area (Å²) in [5.74, 6) is -0.402. The number of nitrogens with one attached hydrogen (secondary N) is 1. The summed E-state index contributed by atoms with van der Waals surface area (Å²) in [4.78, 5) is 22.2. The van der Waals surface area contributed by atoms with Gasteiger partial charge < -0.3 is 10.1 Å². The van der Waals surface area contributed by atoms with Gasteiger partial charge in [-0.1, -0.05) is 18.2 Å². The number of para-hydroxylation sites is 1. The molecule has 0 fully saturated rings. The minimum absolute atomic E-state index is 0.0176. The molecule has 0 aliphatic rings. The Morgan fingerprint density at radius 3 is 2.84 bits per heavy atom. The van der Waals surface area contributed by atoms with Crippen LogP contribution >= 0.6 is 0 Å². The standard InChI is InChI=1S/C13H16N2O4/c1-3-4-5-9-14-13(16)10-7-6-8-11(15(17)18)12(10)19-2/h3-4,6-8H,5,9H2,1-2H3,(H,14,16)/b4-3+. The van der Waals surface area contributed by atoms with E-state index >= 15 is 0 Å². The maximum atomic E-state index is 11.9. The number of carbonyl (C=O) groups is 1. The monoisotopic (exact) mass is 264 g/mol. The number of nitrogens with zero attached hydrogens (tertiary/aromatic N) is 1. The number of allylic oxidation sites excluding steroid dienone is 1. The van der Waals surface area contributed by atoms with Gasteiger partial charge in [0, 0.05) is 12.6 Å². The van der Waals surface area contributed by atoms with Gasteiger partial charge in [-0.15, -0.1) is 0 Å². The smallest absolute Gasteiger partial charge is 0.311 e. The molecular weight excluding hydrogens is 248 g/mol. The van der Waals surface area contributed by atoms with Gasteiger partial charge in [0.1, 0.15) is 0 Å². The first-order valence-electron chi connectivity index (χ1n) is 5.82. The lowest BCUT2D eigenvalue weighted by Gasteiger charge is -2.08. The maximum Gasteiger partial charge on any atom is 0.311 e. The van der Waals surface area contributed by atoms with Crippen LogP contribution in [0.4, 0.5) is 5.69 Å². The van der Waals surface area contributed by atoms with E-state index in [1.54, 1.807) is 0 Å². The molecule has 0 aromatic heterocycles. The molecule has 0 bridgehead atoms. The fraction of sp³-hybridized carbons (Fsp3) is 0.308. The number of nitro groups is 1. The summed E-state index contributed by atoms with van der Waals surface area (Å²) in [6, 6.07) is 4.26. The van der Waals surface area contributed by atoms with E-state index in [9.17, 15) is 14.9 Å². The number of ether oxygens (including phenoxy) is 1. The van der Waals surface area contributed by atoms with Crippen LogP contribution in [0, 0.1) is 10.1 Å². The Morgan fingerprint density at radius 1 is 1.53 bits per heavy atom. The highest BCUT2D eigenvalue weighted by atomic mass is 16.6. The minimum Gasteiger partial charge on any atom is -0.490 e. The Labute approximate surface area is 111 Å². The highest BCUT2D eigenvalue weighted by molar-refractivity contribution is 5.98. The first-order valence-corrected chi connectivity index (χ1v) is 5.82. The summed E-state index contributed by atoms with van der Waals surface area (Å²) in [5, 5.41) is 13.5. The third-order valence-electron chi connectivity index (χ3n) is 2.47. The molecule has 1 amide bonds. The van der Waals surface area contributed by atoms with Crippen molar-refractivity contribution < 1.29 is 14.5 Å². The number of amides is 1. The number of carbonyl (C=O) groups excluding carboxylic acids is 1. The molecule has 0 saturated carbocycles. The van der Waals surface area contributed by atoms with Crippen LogP contribution in [-0.4, -0.2) is 24.5 Å². The highest BCUT2D eigenvalue weighted by Crippen LogP contribution is 2.30. The molecule has 0 aliphatic carbocycles. The lowest BCUT2D eigenvalue weighted by atomic mass is 10.1. The first kappa shape index (κ1) is 14.7. The second-order valence-corrected chi connectivity index (χ2v) is 3.73. The van der Waals surface area contributed by atoms with Crippen molar-refractivity contribution >= 4 is 11.6 Å². The molecule has 0 heterocycles. The number of hydrogen-bond donors (Lipinski definition) is 1. The van der Waals surface area contributed by atoms with E-state index in [4.69, 9.17) is 4.74 Å². The van der Waals surface area contributed by atoms with Crippen molar-refractivity contribution in [3.63, 3.8) is 0 Å². The Bertz CT molecular complexity index is 497. The summed E-state index contributed by atoms with van der Waals surface area (Å²) in [6.07, 6.45) is 4.52. The molecule has 6 nitrogen and oxygen atoms in total. The zero-order valence-electron chi connectivity index (χ0n) is 10.9. The van der Waals surface area contributed by atoms with Gasteiger partial charge in [0.2, 0.25) is 5.75 Å². The second-order valence-electron chi connectivity index (χ2n) is 3.73. The molecule has 1 N–H and O–H groups in total. The Balaban J connectivity index is 2.90. The quantitative estimate of drug-likeness (QED) is 0.370. The molecular formula is C13H16N2O4. The molecule has 1 rings (SSSR count). The highest BCUT2D eigenvalue weighted by Gasteiger charge is 2.21. The van der Waals surface area contributed by atoms with Gasteiger partial charge in [-0.25, -0.2) is 0 Å². The fourth-order valence-electron chi connectivity index (χ4n) is 1.59. The zero-order valence-corrected chi connectivity index (χ0v) is 10.9. The molecule has 0 spiro atoms. The molecule has 0 aliphatic heterocycles. The van der Waals surface area contributed by atoms with Crippen LogP contribution in [0.15, 0.2) is 30.4 Å². The molecule has 1 aromatic carbocycles. The van der Waals surface area contributed by atoms with Crippen LogP contribution < -0.4 is 10.1 Å². The van der Waals surface area contributed by atoms with E-state index in [-0.39, 0.29) is 22.9 Å². The summed E-state index contributed by atoms with van der Waals surface area (Å²) >= 11 is 0. The van der Waals surface area contributed by atoms with Gasteiger partial charge in [0.25, 0.3) is 5.91 Å². The first-order chi connectivity index (χ1) is 9.11. The minimum atomic E-state index is -0.574. The van der Waals surface area contributed by atoms with E-state index in [0.29, 0.717) is 13.0 Å². The van der Waals surface area contributed by atoms with Gasteiger partial charge in [-0.3, -0.25) is 14.9 Å². The Kier molecular flexibility index (Phi) is 5.53. The predicted molar refractivity (Wildman–Crippen MR) is 71.4 cm³/mol. The van der Waals surface area contributed by atoms with Crippen LogP contribution in [0.2, 0.25) is 0 Å². The van der Waals surface area contributed by atoms with Crippen molar-refractivity contribution in [1.29, 1.82) is 0 Å². The number of benzene rings is 1. The summed E-state index contributed by atoms with van der Waals surface area (Å²) in [5.41, 5.74) is -0.0548. The van der Waals surface area contributed by atoms with Gasteiger partial charge in [0.15, 0.2) is 0 Å². The Hall–Kier alpha value is -2.37. The van der Waals surface area contributed by atoms with Gasteiger partial charge >= 0.3 is 5.69 Å². The number of hydrogen-bond acceptors (Lipinski definition) is 4. The van der Waals surface area contributed by atoms with Crippen LogP contribution in [0.1, 0.15) is 23.7 Å². The average molecular weight is 264 g/mol. The van der Waals surface area contributed by atoms with E-state index in [2.05, 4.69) is 5.32 Å². The van der Waals surface area contributed by atoms with Gasteiger partial charge in [-0.2, -0.15) is 0 Å². The second kappa shape index (κ2) is 7.15. The molecule has 6 heteroatoms. The maximum absolute atomic E-state index is 11.9. The third kappa shape index (κ3) is 3.80. The summed E-state index contributed by atoms with van der Waals surface area (Å²) < 4.78 is 4.97. The van der Waals surface area contributed by atoms with Crippen molar-refractivity contribution in [3.8, 4) is 5.75 Å². The van der Waals surface area contributed by atoms with E-state index in [1.807, 2.05) is 19.1 Å². The van der Waals surface area contributed by atoms with Crippen molar-refractivity contribution in [2.45, 2.75) is 13.3 Å². The van der Waals surface area contributed by atoms with Crippen molar-refractivity contribution in [3.05, 3.63) is 46.0 Å². The number of rotatable bonds is 6. The number of nitro benzene ring substituents is 1. The molecule has 0 radical (unpaired) electrons. The van der Waals surface area contributed by atoms with Gasteiger partial charge in [-0.05, 0) is 19.4 Å². The molecule has 0 unspecified atom stereocenters. The fourth-order valence-corrected chi connectivity index (χ4v) is 1.59. The number of methoxy groups -OCH3 is 1. The van der Waals surface area contributed by atoms with Crippen molar-refractivity contribution in [2.75, 3.05) is 13.7 Å². The topological polar surface area (TPSA) is 81.5 Å². The van der Waals surface area contributed by atoms with Crippen molar-refractivity contribution in [2.24, 2.45) is 0 Å². The average Bonchev–Trinajstić information content (AvgIpc) is 2.42. The van der Waals surface area contributed by atoms with E-state index in [0.717, 1.165) is 0 Å². The normalized spacial score (nSPS) is 10.4. The molecule has 102 valence electrons. The summed E-state index contributed by atoms with van der Waals surface area (Å²) in [6.45, 7) is 2.36.